The van der Waals surface area contributed by atoms with Crippen LogP contribution in [-0.2, 0) is 9.53 Å². The maximum absolute atomic E-state index is 12.3. The second kappa shape index (κ2) is 6.33. The topological polar surface area (TPSA) is 58.6 Å². The van der Waals surface area contributed by atoms with Crippen molar-refractivity contribution >= 4 is 11.9 Å². The van der Waals surface area contributed by atoms with Gasteiger partial charge < -0.3 is 15.0 Å². The van der Waals surface area contributed by atoms with Crippen molar-refractivity contribution in [2.75, 3.05) is 26.2 Å². The standard InChI is InChI=1S/C14H18N2O3/c1-2-19-14(18)12-10-16(9-8-15-12)13(17)11-6-4-3-5-7-11/h3-7,12,15H,2,8-10H2,1H3. The molecule has 1 aromatic carbocycles. The highest BCUT2D eigenvalue weighted by molar-refractivity contribution is 5.94. The number of carbonyl (C=O) groups excluding carboxylic acids is 2. The zero-order chi connectivity index (χ0) is 13.7. The van der Waals surface area contributed by atoms with Gasteiger partial charge in [-0.15, -0.1) is 0 Å². The van der Waals surface area contributed by atoms with Crippen LogP contribution in [0.3, 0.4) is 0 Å². The number of esters is 1. The van der Waals surface area contributed by atoms with Crippen LogP contribution in [0.15, 0.2) is 30.3 Å². The fraction of sp³-hybridized carbons (Fsp3) is 0.429. The van der Waals surface area contributed by atoms with E-state index < -0.39 is 6.04 Å². The van der Waals surface area contributed by atoms with Gasteiger partial charge in [0.2, 0.25) is 0 Å². The zero-order valence-corrected chi connectivity index (χ0v) is 11.0. The summed E-state index contributed by atoms with van der Waals surface area (Å²) in [6.45, 7) is 3.68. The van der Waals surface area contributed by atoms with Crippen molar-refractivity contribution < 1.29 is 14.3 Å². The maximum Gasteiger partial charge on any atom is 0.324 e. The fourth-order valence-corrected chi connectivity index (χ4v) is 2.10. The van der Waals surface area contributed by atoms with E-state index in [1.165, 1.54) is 0 Å². The third-order valence-corrected chi connectivity index (χ3v) is 3.05. The molecule has 5 nitrogen and oxygen atoms in total. The first-order valence-corrected chi connectivity index (χ1v) is 6.46. The molecule has 1 aliphatic heterocycles. The SMILES string of the molecule is CCOC(=O)C1CN(C(=O)c2ccccc2)CCN1. The quantitative estimate of drug-likeness (QED) is 0.813. The van der Waals surface area contributed by atoms with Crippen molar-refractivity contribution in [3.8, 4) is 0 Å². The first kappa shape index (κ1) is 13.5. The molecule has 0 aromatic heterocycles. The van der Waals surface area contributed by atoms with Crippen molar-refractivity contribution in [1.82, 2.24) is 10.2 Å². The summed E-state index contributed by atoms with van der Waals surface area (Å²) >= 11 is 0. The van der Waals surface area contributed by atoms with Crippen LogP contribution in [0, 0.1) is 0 Å². The summed E-state index contributed by atoms with van der Waals surface area (Å²) in [5.41, 5.74) is 0.645. The zero-order valence-electron chi connectivity index (χ0n) is 11.0. The summed E-state index contributed by atoms with van der Waals surface area (Å²) in [6, 6.07) is 8.67. The first-order chi connectivity index (χ1) is 9.22. The van der Waals surface area contributed by atoms with E-state index in [2.05, 4.69) is 5.32 Å². The predicted octanol–water partition coefficient (Wildman–Crippen LogP) is 0.664. The minimum Gasteiger partial charge on any atom is -0.465 e. The molecule has 1 aliphatic rings. The van der Waals surface area contributed by atoms with Gasteiger partial charge in [0.1, 0.15) is 6.04 Å². The van der Waals surface area contributed by atoms with Crippen LogP contribution in [0.1, 0.15) is 17.3 Å². The number of amides is 1. The molecule has 5 heteroatoms. The number of ether oxygens (including phenoxy) is 1. The van der Waals surface area contributed by atoms with Crippen LogP contribution in [-0.4, -0.2) is 49.1 Å². The molecule has 1 heterocycles. The lowest BCUT2D eigenvalue weighted by atomic mass is 10.1. The number of hydrogen-bond donors (Lipinski definition) is 1. The molecule has 1 N–H and O–H groups in total. The van der Waals surface area contributed by atoms with Gasteiger partial charge in [-0.05, 0) is 19.1 Å². The molecule has 1 unspecified atom stereocenters. The van der Waals surface area contributed by atoms with E-state index in [0.29, 0.717) is 31.8 Å². The number of hydrogen-bond acceptors (Lipinski definition) is 4. The van der Waals surface area contributed by atoms with Gasteiger partial charge >= 0.3 is 5.97 Å². The Morgan fingerprint density at radius 2 is 2.11 bits per heavy atom. The number of benzene rings is 1. The first-order valence-electron chi connectivity index (χ1n) is 6.46. The number of carbonyl (C=O) groups is 2. The van der Waals surface area contributed by atoms with Gasteiger partial charge in [0, 0.05) is 25.2 Å². The van der Waals surface area contributed by atoms with Crippen LogP contribution >= 0.6 is 0 Å². The molecule has 2 rings (SSSR count). The predicted molar refractivity (Wildman–Crippen MR) is 70.8 cm³/mol. The van der Waals surface area contributed by atoms with E-state index in [1.54, 1.807) is 24.0 Å². The Morgan fingerprint density at radius 1 is 1.37 bits per heavy atom. The molecule has 19 heavy (non-hydrogen) atoms. The lowest BCUT2D eigenvalue weighted by Gasteiger charge is -2.32. The molecule has 1 amide bonds. The summed E-state index contributed by atoms with van der Waals surface area (Å²) in [6.07, 6.45) is 0. The maximum atomic E-state index is 12.3. The smallest absolute Gasteiger partial charge is 0.324 e. The molecule has 0 saturated carbocycles. The van der Waals surface area contributed by atoms with Gasteiger partial charge in [0.25, 0.3) is 5.91 Å². The molecule has 1 fully saturated rings. The number of rotatable bonds is 3. The molecule has 0 bridgehead atoms. The molecular weight excluding hydrogens is 244 g/mol. The van der Waals surface area contributed by atoms with Crippen LogP contribution < -0.4 is 5.32 Å². The lowest BCUT2D eigenvalue weighted by molar-refractivity contribution is -0.146. The number of piperazine rings is 1. The van der Waals surface area contributed by atoms with Gasteiger partial charge in [0.05, 0.1) is 6.61 Å². The Morgan fingerprint density at radius 3 is 2.79 bits per heavy atom. The molecule has 0 spiro atoms. The van der Waals surface area contributed by atoms with E-state index in [4.69, 9.17) is 4.74 Å². The Balaban J connectivity index is 2.01. The summed E-state index contributed by atoms with van der Waals surface area (Å²) in [4.78, 5) is 25.6. The van der Waals surface area contributed by atoms with Crippen LogP contribution in [0.25, 0.3) is 0 Å². The average Bonchev–Trinajstić information content (AvgIpc) is 2.48. The Bertz CT molecular complexity index is 447. The molecule has 102 valence electrons. The van der Waals surface area contributed by atoms with Crippen LogP contribution in [0.5, 0.6) is 0 Å². The Labute approximate surface area is 112 Å². The third kappa shape index (κ3) is 3.32. The second-order valence-electron chi connectivity index (χ2n) is 4.38. The van der Waals surface area contributed by atoms with Crippen molar-refractivity contribution in [3.05, 3.63) is 35.9 Å². The molecule has 1 aromatic rings. The fourth-order valence-electron chi connectivity index (χ4n) is 2.10. The van der Waals surface area contributed by atoms with Gasteiger partial charge in [0.15, 0.2) is 0 Å². The summed E-state index contributed by atoms with van der Waals surface area (Å²) < 4.78 is 4.98. The Kier molecular flexibility index (Phi) is 4.52. The van der Waals surface area contributed by atoms with Crippen molar-refractivity contribution in [1.29, 1.82) is 0 Å². The second-order valence-corrected chi connectivity index (χ2v) is 4.38. The summed E-state index contributed by atoms with van der Waals surface area (Å²) in [5, 5.41) is 3.07. The van der Waals surface area contributed by atoms with E-state index >= 15 is 0 Å². The molecule has 1 atom stereocenters. The van der Waals surface area contributed by atoms with E-state index in [0.717, 1.165) is 0 Å². The van der Waals surface area contributed by atoms with Gasteiger partial charge in [-0.25, -0.2) is 0 Å². The van der Waals surface area contributed by atoms with E-state index in [-0.39, 0.29) is 11.9 Å². The molecule has 0 radical (unpaired) electrons. The lowest BCUT2D eigenvalue weighted by Crippen LogP contribution is -2.56. The largest absolute Gasteiger partial charge is 0.465 e. The van der Waals surface area contributed by atoms with Gasteiger partial charge in [-0.3, -0.25) is 9.59 Å². The van der Waals surface area contributed by atoms with Gasteiger partial charge in [-0.2, -0.15) is 0 Å². The van der Waals surface area contributed by atoms with Crippen molar-refractivity contribution in [3.63, 3.8) is 0 Å². The minimum atomic E-state index is -0.429. The summed E-state index contributed by atoms with van der Waals surface area (Å²) in [5.74, 6) is -0.343. The molecule has 0 aliphatic carbocycles. The van der Waals surface area contributed by atoms with E-state index in [9.17, 15) is 9.59 Å². The van der Waals surface area contributed by atoms with Crippen LogP contribution in [0.4, 0.5) is 0 Å². The molecule has 1 saturated heterocycles. The minimum absolute atomic E-state index is 0.0450. The highest BCUT2D eigenvalue weighted by Gasteiger charge is 2.29. The van der Waals surface area contributed by atoms with Gasteiger partial charge in [-0.1, -0.05) is 18.2 Å². The number of nitrogens with zero attached hydrogens (tertiary/aromatic N) is 1. The monoisotopic (exact) mass is 262 g/mol. The Hall–Kier alpha value is -1.88. The highest BCUT2D eigenvalue weighted by Crippen LogP contribution is 2.08. The van der Waals surface area contributed by atoms with E-state index in [1.807, 2.05) is 18.2 Å². The van der Waals surface area contributed by atoms with Crippen molar-refractivity contribution in [2.45, 2.75) is 13.0 Å². The molecular formula is C14H18N2O3. The van der Waals surface area contributed by atoms with Crippen molar-refractivity contribution in [2.24, 2.45) is 0 Å². The average molecular weight is 262 g/mol. The number of nitrogens with one attached hydrogen (secondary N) is 1. The third-order valence-electron chi connectivity index (χ3n) is 3.05. The van der Waals surface area contributed by atoms with Crippen LogP contribution in [0.2, 0.25) is 0 Å². The normalized spacial score (nSPS) is 19.0. The summed E-state index contributed by atoms with van der Waals surface area (Å²) in [7, 11) is 0. The highest BCUT2D eigenvalue weighted by atomic mass is 16.5.